The maximum atomic E-state index is 14.1. The molecule has 1 aromatic heterocycles. The highest BCUT2D eigenvalue weighted by molar-refractivity contribution is 5.93. The number of nitrogens with zero attached hydrogens (tertiary/aromatic N) is 4. The second kappa shape index (κ2) is 6.89. The van der Waals surface area contributed by atoms with Gasteiger partial charge in [0.15, 0.2) is 11.6 Å². The van der Waals surface area contributed by atoms with E-state index >= 15 is 0 Å². The summed E-state index contributed by atoms with van der Waals surface area (Å²) in [7, 11) is 1.73. The van der Waals surface area contributed by atoms with E-state index in [4.69, 9.17) is 5.26 Å². The van der Waals surface area contributed by atoms with Crippen LogP contribution in [0.2, 0.25) is 0 Å². The molecule has 1 amide bonds. The summed E-state index contributed by atoms with van der Waals surface area (Å²) in [4.78, 5) is 13.7. The number of amides is 1. The van der Waals surface area contributed by atoms with Gasteiger partial charge in [-0.25, -0.2) is 8.78 Å². The first-order chi connectivity index (χ1) is 12.0. The highest BCUT2D eigenvalue weighted by Gasteiger charge is 2.25. The number of anilines is 1. The second-order valence-corrected chi connectivity index (χ2v) is 6.04. The number of piperidine rings is 1. The third-order valence-electron chi connectivity index (χ3n) is 4.26. The maximum Gasteiger partial charge on any atom is 0.254 e. The summed E-state index contributed by atoms with van der Waals surface area (Å²) in [6, 6.07) is 3.74. The number of rotatable bonds is 3. The Hall–Kier alpha value is -2.95. The lowest BCUT2D eigenvalue weighted by Crippen LogP contribution is -2.45. The Morgan fingerprint density at radius 1 is 1.32 bits per heavy atom. The van der Waals surface area contributed by atoms with Crippen LogP contribution in [0, 0.1) is 23.0 Å². The summed E-state index contributed by atoms with van der Waals surface area (Å²) in [6.45, 7) is 0.829. The fourth-order valence-electron chi connectivity index (χ4n) is 2.99. The van der Waals surface area contributed by atoms with Crippen molar-refractivity contribution in [3.63, 3.8) is 0 Å². The summed E-state index contributed by atoms with van der Waals surface area (Å²) < 4.78 is 29.8. The first kappa shape index (κ1) is 16.9. The van der Waals surface area contributed by atoms with Crippen LogP contribution < -0.4 is 10.2 Å². The quantitative estimate of drug-likeness (QED) is 0.923. The minimum atomic E-state index is -0.741. The van der Waals surface area contributed by atoms with Crippen molar-refractivity contribution in [3.8, 4) is 6.07 Å². The Bertz CT molecular complexity index is 811. The molecule has 1 aliphatic rings. The summed E-state index contributed by atoms with van der Waals surface area (Å²) in [6.07, 6.45) is 4.27. The van der Waals surface area contributed by atoms with Crippen LogP contribution in [0.15, 0.2) is 24.5 Å². The molecule has 2 aromatic rings. The fourth-order valence-corrected chi connectivity index (χ4v) is 2.99. The van der Waals surface area contributed by atoms with Crippen LogP contribution in [0.25, 0.3) is 0 Å². The van der Waals surface area contributed by atoms with E-state index in [1.165, 1.54) is 6.20 Å². The minimum absolute atomic E-state index is 0.0441. The van der Waals surface area contributed by atoms with Gasteiger partial charge in [0, 0.05) is 32.4 Å². The molecule has 0 bridgehead atoms. The Labute approximate surface area is 143 Å². The van der Waals surface area contributed by atoms with Crippen molar-refractivity contribution in [2.24, 2.45) is 7.05 Å². The third-order valence-corrected chi connectivity index (χ3v) is 4.26. The number of halogens is 2. The number of aromatic nitrogens is 2. The molecule has 130 valence electrons. The van der Waals surface area contributed by atoms with Gasteiger partial charge in [0.1, 0.15) is 5.69 Å². The number of hydrogen-bond donors (Lipinski definition) is 1. The van der Waals surface area contributed by atoms with Gasteiger partial charge in [-0.2, -0.15) is 10.4 Å². The average molecular weight is 345 g/mol. The molecular formula is C17H17F2N5O. The molecule has 0 saturated carbocycles. The van der Waals surface area contributed by atoms with E-state index in [0.29, 0.717) is 31.5 Å². The molecule has 0 radical (unpaired) electrons. The van der Waals surface area contributed by atoms with Gasteiger partial charge in [-0.05, 0) is 25.0 Å². The SMILES string of the molecule is Cn1cc(C(=O)NC2CCN(c3c(F)cc(C#N)cc3F)CC2)cn1. The Kier molecular flexibility index (Phi) is 4.65. The molecule has 0 unspecified atom stereocenters. The highest BCUT2D eigenvalue weighted by Crippen LogP contribution is 2.27. The van der Waals surface area contributed by atoms with Crippen molar-refractivity contribution in [2.75, 3.05) is 18.0 Å². The molecule has 8 heteroatoms. The van der Waals surface area contributed by atoms with Gasteiger partial charge < -0.3 is 10.2 Å². The molecule has 1 N–H and O–H groups in total. The second-order valence-electron chi connectivity index (χ2n) is 6.04. The van der Waals surface area contributed by atoms with Crippen molar-refractivity contribution < 1.29 is 13.6 Å². The first-order valence-corrected chi connectivity index (χ1v) is 7.91. The van der Waals surface area contributed by atoms with Crippen LogP contribution in [0.1, 0.15) is 28.8 Å². The van der Waals surface area contributed by atoms with Crippen LogP contribution in [-0.4, -0.2) is 34.8 Å². The Morgan fingerprint density at radius 3 is 2.48 bits per heavy atom. The lowest BCUT2D eigenvalue weighted by molar-refractivity contribution is 0.0931. The summed E-state index contributed by atoms with van der Waals surface area (Å²) in [5.74, 6) is -1.69. The van der Waals surface area contributed by atoms with E-state index in [0.717, 1.165) is 12.1 Å². The number of nitrogens with one attached hydrogen (secondary N) is 1. The molecule has 3 rings (SSSR count). The lowest BCUT2D eigenvalue weighted by atomic mass is 10.0. The zero-order valence-corrected chi connectivity index (χ0v) is 13.7. The van der Waals surface area contributed by atoms with E-state index < -0.39 is 11.6 Å². The largest absolute Gasteiger partial charge is 0.367 e. The number of nitriles is 1. The fraction of sp³-hybridized carbons (Fsp3) is 0.353. The first-order valence-electron chi connectivity index (χ1n) is 7.91. The van der Waals surface area contributed by atoms with E-state index in [1.807, 2.05) is 0 Å². The molecule has 0 spiro atoms. The minimum Gasteiger partial charge on any atom is -0.367 e. The van der Waals surface area contributed by atoms with E-state index in [9.17, 15) is 13.6 Å². The summed E-state index contributed by atoms with van der Waals surface area (Å²) >= 11 is 0. The monoisotopic (exact) mass is 345 g/mol. The molecule has 2 heterocycles. The van der Waals surface area contributed by atoms with E-state index in [1.54, 1.807) is 28.9 Å². The smallest absolute Gasteiger partial charge is 0.254 e. The molecule has 25 heavy (non-hydrogen) atoms. The number of benzene rings is 1. The molecule has 0 atom stereocenters. The zero-order valence-electron chi connectivity index (χ0n) is 13.7. The molecule has 1 fully saturated rings. The van der Waals surface area contributed by atoms with Crippen molar-refractivity contribution in [2.45, 2.75) is 18.9 Å². The average Bonchev–Trinajstić information content (AvgIpc) is 3.02. The lowest BCUT2D eigenvalue weighted by Gasteiger charge is -2.34. The van der Waals surface area contributed by atoms with Crippen LogP contribution in [0.5, 0.6) is 0 Å². The number of aryl methyl sites for hydroxylation is 1. The van der Waals surface area contributed by atoms with Crippen molar-refractivity contribution in [3.05, 3.63) is 47.3 Å². The molecule has 1 saturated heterocycles. The van der Waals surface area contributed by atoms with Gasteiger partial charge in [0.05, 0.1) is 23.4 Å². The van der Waals surface area contributed by atoms with Gasteiger partial charge in [-0.15, -0.1) is 0 Å². The van der Waals surface area contributed by atoms with Gasteiger partial charge in [-0.3, -0.25) is 9.48 Å². The highest BCUT2D eigenvalue weighted by atomic mass is 19.1. The molecular weight excluding hydrogens is 328 g/mol. The molecule has 0 aliphatic carbocycles. The maximum absolute atomic E-state index is 14.1. The van der Waals surface area contributed by atoms with Crippen molar-refractivity contribution in [1.29, 1.82) is 5.26 Å². The van der Waals surface area contributed by atoms with Gasteiger partial charge in [-0.1, -0.05) is 0 Å². The molecule has 1 aliphatic heterocycles. The van der Waals surface area contributed by atoms with Crippen molar-refractivity contribution >= 4 is 11.6 Å². The summed E-state index contributed by atoms with van der Waals surface area (Å²) in [5, 5.41) is 15.6. The van der Waals surface area contributed by atoms with Crippen LogP contribution in [-0.2, 0) is 7.05 Å². The number of carbonyl (C=O) groups is 1. The predicted octanol–water partition coefficient (Wildman–Crippen LogP) is 1.97. The van der Waals surface area contributed by atoms with Gasteiger partial charge >= 0.3 is 0 Å². The van der Waals surface area contributed by atoms with E-state index in [2.05, 4.69) is 10.4 Å². The molecule has 6 nitrogen and oxygen atoms in total. The molecule has 1 aromatic carbocycles. The predicted molar refractivity (Wildman–Crippen MR) is 87.0 cm³/mol. The topological polar surface area (TPSA) is 74.0 Å². The number of carbonyl (C=O) groups excluding carboxylic acids is 1. The zero-order chi connectivity index (χ0) is 18.0. The third kappa shape index (κ3) is 3.60. The Balaban J connectivity index is 1.63. The van der Waals surface area contributed by atoms with Crippen molar-refractivity contribution in [1.82, 2.24) is 15.1 Å². The normalized spacial score (nSPS) is 15.0. The van der Waals surface area contributed by atoms with Crippen LogP contribution in [0.4, 0.5) is 14.5 Å². The summed E-state index contributed by atoms with van der Waals surface area (Å²) in [5.41, 5.74) is 0.322. The van der Waals surface area contributed by atoms with Gasteiger partial charge in [0.2, 0.25) is 0 Å². The van der Waals surface area contributed by atoms with Crippen LogP contribution in [0.3, 0.4) is 0 Å². The van der Waals surface area contributed by atoms with Crippen LogP contribution >= 0.6 is 0 Å². The van der Waals surface area contributed by atoms with Gasteiger partial charge in [0.25, 0.3) is 5.91 Å². The number of hydrogen-bond acceptors (Lipinski definition) is 4. The Morgan fingerprint density at radius 2 is 1.96 bits per heavy atom. The standard InChI is InChI=1S/C17H17F2N5O/c1-23-10-12(9-21-23)17(25)22-13-2-4-24(5-3-13)16-14(18)6-11(8-20)7-15(16)19/h6-7,9-10,13H,2-5H2,1H3,(H,22,25). The van der Waals surface area contributed by atoms with E-state index in [-0.39, 0.29) is 23.2 Å².